The summed E-state index contributed by atoms with van der Waals surface area (Å²) in [6.45, 7) is 4.38. The first-order chi connectivity index (χ1) is 9.47. The minimum Gasteiger partial charge on any atom is -0.508 e. The molecule has 0 aliphatic heterocycles. The van der Waals surface area contributed by atoms with Crippen molar-refractivity contribution in [2.75, 3.05) is 5.32 Å². The minimum absolute atomic E-state index is 0.295. The van der Waals surface area contributed by atoms with E-state index in [1.807, 2.05) is 32.0 Å². The highest BCUT2D eigenvalue weighted by atomic mass is 16.3. The van der Waals surface area contributed by atoms with E-state index in [1.165, 1.54) is 0 Å². The molecule has 20 heavy (non-hydrogen) atoms. The number of carbonyl (C=O) groups is 1. The van der Waals surface area contributed by atoms with Crippen LogP contribution in [0, 0.1) is 13.8 Å². The summed E-state index contributed by atoms with van der Waals surface area (Å²) in [7, 11) is 0. The summed E-state index contributed by atoms with van der Waals surface area (Å²) in [5, 5.41) is 12.9. The van der Waals surface area contributed by atoms with Gasteiger partial charge in [0.05, 0.1) is 0 Å². The van der Waals surface area contributed by atoms with Gasteiger partial charge >= 0.3 is 0 Å². The Kier molecular flexibility index (Phi) is 3.94. The van der Waals surface area contributed by atoms with Crippen LogP contribution in [0.3, 0.4) is 0 Å². The number of aryl methyl sites for hydroxylation is 2. The second-order valence-electron chi connectivity index (χ2n) is 4.87. The molecule has 104 valence electrons. The topological polar surface area (TPSA) is 75.3 Å². The molecule has 0 aliphatic rings. The first-order valence-corrected chi connectivity index (χ1v) is 6.40. The maximum absolute atomic E-state index is 11.1. The van der Waals surface area contributed by atoms with Crippen LogP contribution in [0.4, 0.5) is 5.69 Å². The summed E-state index contributed by atoms with van der Waals surface area (Å²) in [6.07, 6.45) is 0. The molecule has 2 rings (SSSR count). The molecule has 2 aromatic rings. The van der Waals surface area contributed by atoms with Gasteiger partial charge in [0.2, 0.25) is 5.91 Å². The third-order valence-corrected chi connectivity index (χ3v) is 3.24. The number of phenols is 1. The van der Waals surface area contributed by atoms with Gasteiger partial charge in [-0.05, 0) is 54.8 Å². The lowest BCUT2D eigenvalue weighted by molar-refractivity contribution is 0.1000. The zero-order chi connectivity index (χ0) is 14.7. The van der Waals surface area contributed by atoms with Gasteiger partial charge in [-0.3, -0.25) is 4.79 Å². The number of anilines is 1. The van der Waals surface area contributed by atoms with E-state index in [-0.39, 0.29) is 0 Å². The molecule has 1 amide bonds. The van der Waals surface area contributed by atoms with Gasteiger partial charge in [-0.25, -0.2) is 0 Å². The van der Waals surface area contributed by atoms with Crippen LogP contribution in [0.1, 0.15) is 27.0 Å². The molecule has 0 unspecified atom stereocenters. The van der Waals surface area contributed by atoms with E-state index in [0.717, 1.165) is 22.4 Å². The van der Waals surface area contributed by atoms with E-state index in [9.17, 15) is 9.90 Å². The predicted octanol–water partition coefficient (Wildman–Crippen LogP) is 2.72. The molecule has 0 saturated carbocycles. The van der Waals surface area contributed by atoms with E-state index < -0.39 is 5.91 Å². The number of rotatable bonds is 4. The van der Waals surface area contributed by atoms with Crippen LogP contribution >= 0.6 is 0 Å². The van der Waals surface area contributed by atoms with Crippen molar-refractivity contribution in [1.82, 2.24) is 0 Å². The molecule has 4 N–H and O–H groups in total. The second-order valence-corrected chi connectivity index (χ2v) is 4.87. The van der Waals surface area contributed by atoms with Crippen molar-refractivity contribution in [2.45, 2.75) is 20.4 Å². The molecule has 0 heterocycles. The fourth-order valence-electron chi connectivity index (χ4n) is 2.02. The summed E-state index contributed by atoms with van der Waals surface area (Å²) in [5.74, 6) is -0.132. The largest absolute Gasteiger partial charge is 0.508 e. The summed E-state index contributed by atoms with van der Waals surface area (Å²) >= 11 is 0. The van der Waals surface area contributed by atoms with Gasteiger partial charge in [-0.2, -0.15) is 0 Å². The number of primary amides is 1. The first-order valence-electron chi connectivity index (χ1n) is 6.40. The molecule has 0 aliphatic carbocycles. The van der Waals surface area contributed by atoms with Gasteiger partial charge in [0.25, 0.3) is 0 Å². The fourth-order valence-corrected chi connectivity index (χ4v) is 2.02. The number of benzene rings is 2. The van der Waals surface area contributed by atoms with E-state index >= 15 is 0 Å². The number of amides is 1. The van der Waals surface area contributed by atoms with E-state index in [1.54, 1.807) is 18.2 Å². The van der Waals surface area contributed by atoms with E-state index in [2.05, 4.69) is 5.32 Å². The molecule has 0 radical (unpaired) electrons. The SMILES string of the molecule is Cc1cc(NCc2cccc(C(N)=O)c2)c(C)cc1O. The van der Waals surface area contributed by atoms with Crippen molar-refractivity contribution in [3.05, 3.63) is 58.7 Å². The maximum atomic E-state index is 11.1. The van der Waals surface area contributed by atoms with Crippen molar-refractivity contribution in [3.8, 4) is 5.75 Å². The molecule has 0 bridgehead atoms. The number of nitrogens with one attached hydrogen (secondary N) is 1. The molecule has 0 aromatic heterocycles. The summed E-state index contributed by atoms with van der Waals surface area (Å²) in [5.41, 5.74) is 9.50. The standard InChI is InChI=1S/C16H18N2O2/c1-10-7-15(19)11(2)6-14(10)18-9-12-4-3-5-13(8-12)16(17)20/h3-8,18-19H,9H2,1-2H3,(H2,17,20). The van der Waals surface area contributed by atoms with Gasteiger partial charge in [0.15, 0.2) is 0 Å². The van der Waals surface area contributed by atoms with Crippen LogP contribution in [0.2, 0.25) is 0 Å². The minimum atomic E-state index is -0.427. The Balaban J connectivity index is 2.15. The summed E-state index contributed by atoms with van der Waals surface area (Å²) in [4.78, 5) is 11.1. The fraction of sp³-hybridized carbons (Fsp3) is 0.188. The lowest BCUT2D eigenvalue weighted by atomic mass is 10.1. The van der Waals surface area contributed by atoms with Crippen molar-refractivity contribution in [1.29, 1.82) is 0 Å². The highest BCUT2D eigenvalue weighted by Gasteiger charge is 2.05. The van der Waals surface area contributed by atoms with Crippen LogP contribution in [-0.4, -0.2) is 11.0 Å². The molecule has 0 fully saturated rings. The molecule has 0 atom stereocenters. The smallest absolute Gasteiger partial charge is 0.248 e. The van der Waals surface area contributed by atoms with E-state index in [4.69, 9.17) is 5.73 Å². The van der Waals surface area contributed by atoms with Gasteiger partial charge in [-0.15, -0.1) is 0 Å². The number of aromatic hydroxyl groups is 1. The Morgan fingerprint density at radius 3 is 2.65 bits per heavy atom. The normalized spacial score (nSPS) is 10.3. The third kappa shape index (κ3) is 3.09. The average Bonchev–Trinajstić information content (AvgIpc) is 2.41. The number of phenolic OH excluding ortho intramolecular Hbond substituents is 1. The third-order valence-electron chi connectivity index (χ3n) is 3.24. The Morgan fingerprint density at radius 2 is 1.95 bits per heavy atom. The lowest BCUT2D eigenvalue weighted by Crippen LogP contribution is -2.11. The van der Waals surface area contributed by atoms with Crippen molar-refractivity contribution in [3.63, 3.8) is 0 Å². The summed E-state index contributed by atoms with van der Waals surface area (Å²) < 4.78 is 0. The molecule has 2 aromatic carbocycles. The van der Waals surface area contributed by atoms with Crippen LogP contribution in [0.25, 0.3) is 0 Å². The highest BCUT2D eigenvalue weighted by Crippen LogP contribution is 2.25. The zero-order valence-corrected chi connectivity index (χ0v) is 11.6. The monoisotopic (exact) mass is 270 g/mol. The number of carbonyl (C=O) groups excluding carboxylic acids is 1. The van der Waals surface area contributed by atoms with Gasteiger partial charge in [0.1, 0.15) is 5.75 Å². The first kappa shape index (κ1) is 13.9. The molecule has 4 heteroatoms. The molecule has 0 saturated heterocycles. The van der Waals surface area contributed by atoms with Gasteiger partial charge in [0, 0.05) is 17.8 Å². The lowest BCUT2D eigenvalue weighted by Gasteiger charge is -2.12. The number of nitrogens with two attached hydrogens (primary N) is 1. The Hall–Kier alpha value is -2.49. The van der Waals surface area contributed by atoms with Crippen LogP contribution in [0.15, 0.2) is 36.4 Å². The number of hydrogen-bond acceptors (Lipinski definition) is 3. The van der Waals surface area contributed by atoms with Crippen LogP contribution < -0.4 is 11.1 Å². The van der Waals surface area contributed by atoms with Gasteiger partial charge in [-0.1, -0.05) is 12.1 Å². The van der Waals surface area contributed by atoms with Crippen LogP contribution in [-0.2, 0) is 6.54 Å². The quantitative estimate of drug-likeness (QED) is 0.748. The number of hydrogen-bond donors (Lipinski definition) is 3. The zero-order valence-electron chi connectivity index (χ0n) is 11.6. The maximum Gasteiger partial charge on any atom is 0.248 e. The molecular formula is C16H18N2O2. The molecular weight excluding hydrogens is 252 g/mol. The molecule has 0 spiro atoms. The van der Waals surface area contributed by atoms with Crippen molar-refractivity contribution >= 4 is 11.6 Å². The van der Waals surface area contributed by atoms with Crippen molar-refractivity contribution < 1.29 is 9.90 Å². The van der Waals surface area contributed by atoms with E-state index in [0.29, 0.717) is 17.9 Å². The Labute approximate surface area is 118 Å². The molecule has 4 nitrogen and oxygen atoms in total. The Morgan fingerprint density at radius 1 is 1.20 bits per heavy atom. The second kappa shape index (κ2) is 5.65. The Bertz CT molecular complexity index is 651. The summed E-state index contributed by atoms with van der Waals surface area (Å²) in [6, 6.07) is 10.9. The van der Waals surface area contributed by atoms with Gasteiger partial charge < -0.3 is 16.2 Å². The predicted molar refractivity (Wildman–Crippen MR) is 79.9 cm³/mol. The average molecular weight is 270 g/mol. The van der Waals surface area contributed by atoms with Crippen molar-refractivity contribution in [2.24, 2.45) is 5.73 Å². The highest BCUT2D eigenvalue weighted by molar-refractivity contribution is 5.92. The van der Waals surface area contributed by atoms with Crippen LogP contribution in [0.5, 0.6) is 5.75 Å².